The van der Waals surface area contributed by atoms with Crippen molar-refractivity contribution in [2.45, 2.75) is 39.2 Å². The third-order valence-corrected chi connectivity index (χ3v) is 6.81. The van der Waals surface area contributed by atoms with Crippen molar-refractivity contribution >= 4 is 23.5 Å². The third-order valence-electron chi connectivity index (χ3n) is 6.81. The average Bonchev–Trinajstić information content (AvgIpc) is 2.99. The van der Waals surface area contributed by atoms with Gasteiger partial charge in [-0.2, -0.15) is 15.0 Å². The number of carbonyl (C=O) groups excluding carboxylic acids is 1. The summed E-state index contributed by atoms with van der Waals surface area (Å²) in [4.78, 5) is 39.9. The van der Waals surface area contributed by atoms with Crippen molar-refractivity contribution in [3.8, 4) is 0 Å². The molecule has 0 atom stereocenters. The number of aryl methyl sites for hydroxylation is 2. The van der Waals surface area contributed by atoms with Crippen molar-refractivity contribution < 1.29 is 4.79 Å². The number of ketones is 1. The quantitative estimate of drug-likeness (QED) is 0.286. The Hall–Kier alpha value is -4.24. The van der Waals surface area contributed by atoms with E-state index in [2.05, 4.69) is 53.3 Å². The fraction of sp³-hybridized carbons (Fsp3) is 0.333. The zero-order valence-corrected chi connectivity index (χ0v) is 22.3. The first-order valence-electron chi connectivity index (χ1n) is 13.6. The van der Waals surface area contributed by atoms with E-state index in [1.54, 1.807) is 18.5 Å². The van der Waals surface area contributed by atoms with Crippen LogP contribution in [-0.2, 0) is 19.4 Å². The highest BCUT2D eigenvalue weighted by molar-refractivity contribution is 5.95. The van der Waals surface area contributed by atoms with Gasteiger partial charge in [0.1, 0.15) is 11.6 Å². The van der Waals surface area contributed by atoms with Crippen LogP contribution in [0, 0.1) is 0 Å². The van der Waals surface area contributed by atoms with Crippen LogP contribution in [0.5, 0.6) is 0 Å². The fourth-order valence-electron chi connectivity index (χ4n) is 4.61. The van der Waals surface area contributed by atoms with Gasteiger partial charge in [-0.3, -0.25) is 14.7 Å². The van der Waals surface area contributed by atoms with Crippen molar-refractivity contribution in [3.05, 3.63) is 95.7 Å². The Morgan fingerprint density at radius 3 is 2.44 bits per heavy atom. The van der Waals surface area contributed by atoms with Gasteiger partial charge in [0.05, 0.1) is 0 Å². The normalized spacial score (nSPS) is 13.8. The van der Waals surface area contributed by atoms with Gasteiger partial charge >= 0.3 is 0 Å². The largest absolute Gasteiger partial charge is 0.338 e. The average molecular weight is 523 g/mol. The highest BCUT2D eigenvalue weighted by Crippen LogP contribution is 2.18. The van der Waals surface area contributed by atoms with Crippen molar-refractivity contribution in [1.82, 2.24) is 29.8 Å². The molecule has 39 heavy (non-hydrogen) atoms. The molecular weight excluding hydrogens is 488 g/mol. The van der Waals surface area contributed by atoms with Gasteiger partial charge in [-0.15, -0.1) is 0 Å². The van der Waals surface area contributed by atoms with Crippen molar-refractivity contribution in [3.63, 3.8) is 0 Å². The SMILES string of the molecule is CCc1nc(Nc2ccc(C(=O)CCCc3ccccc3)cn2)nc(N2CCN(Cc3cccnc3)CC2)n1. The van der Waals surface area contributed by atoms with Gasteiger partial charge < -0.3 is 10.2 Å². The molecule has 9 nitrogen and oxygen atoms in total. The molecule has 0 saturated carbocycles. The van der Waals surface area contributed by atoms with Crippen molar-refractivity contribution in [1.29, 1.82) is 0 Å². The number of pyridine rings is 2. The number of hydrogen-bond acceptors (Lipinski definition) is 9. The maximum absolute atomic E-state index is 12.6. The maximum Gasteiger partial charge on any atom is 0.233 e. The number of Topliss-reactive ketones (excluding diaryl/α,β-unsaturated/α-hetero) is 1. The first kappa shape index (κ1) is 26.4. The molecule has 3 aromatic heterocycles. The molecule has 0 amide bonds. The lowest BCUT2D eigenvalue weighted by atomic mass is 10.0. The lowest BCUT2D eigenvalue weighted by molar-refractivity contribution is 0.0980. The number of rotatable bonds is 11. The molecule has 200 valence electrons. The molecule has 1 aliphatic heterocycles. The number of carbonyl (C=O) groups is 1. The summed E-state index contributed by atoms with van der Waals surface area (Å²) in [5.74, 6) is 2.56. The minimum absolute atomic E-state index is 0.100. The summed E-state index contributed by atoms with van der Waals surface area (Å²) in [6, 6.07) is 17.9. The van der Waals surface area contributed by atoms with Gasteiger partial charge in [0.2, 0.25) is 11.9 Å². The summed E-state index contributed by atoms with van der Waals surface area (Å²) in [5.41, 5.74) is 3.08. The fourth-order valence-corrected chi connectivity index (χ4v) is 4.61. The Morgan fingerprint density at radius 2 is 1.72 bits per heavy atom. The number of piperazine rings is 1. The monoisotopic (exact) mass is 522 g/mol. The number of hydrogen-bond donors (Lipinski definition) is 1. The van der Waals surface area contributed by atoms with Gasteiger partial charge in [-0.25, -0.2) is 4.98 Å². The molecule has 1 aromatic carbocycles. The van der Waals surface area contributed by atoms with Gasteiger partial charge in [-0.1, -0.05) is 43.3 Å². The Labute approximate surface area is 229 Å². The topological polar surface area (TPSA) is 100 Å². The smallest absolute Gasteiger partial charge is 0.233 e. The van der Waals surface area contributed by atoms with E-state index in [1.807, 2.05) is 43.5 Å². The summed E-state index contributed by atoms with van der Waals surface area (Å²) < 4.78 is 0. The zero-order valence-electron chi connectivity index (χ0n) is 22.3. The van der Waals surface area contributed by atoms with Gasteiger partial charge in [0, 0.05) is 69.7 Å². The number of nitrogens with one attached hydrogen (secondary N) is 1. The summed E-state index contributed by atoms with van der Waals surface area (Å²) >= 11 is 0. The van der Waals surface area contributed by atoms with Crippen LogP contribution in [0.4, 0.5) is 17.7 Å². The van der Waals surface area contributed by atoms with E-state index in [-0.39, 0.29) is 5.78 Å². The van der Waals surface area contributed by atoms with E-state index in [0.717, 1.165) is 51.4 Å². The van der Waals surface area contributed by atoms with Crippen LogP contribution in [0.25, 0.3) is 0 Å². The predicted molar refractivity (Wildman–Crippen MR) is 152 cm³/mol. The molecule has 0 bridgehead atoms. The summed E-state index contributed by atoms with van der Waals surface area (Å²) in [7, 11) is 0. The molecule has 9 heteroatoms. The van der Waals surface area contributed by atoms with E-state index < -0.39 is 0 Å². The molecule has 1 saturated heterocycles. The summed E-state index contributed by atoms with van der Waals surface area (Å²) in [6.45, 7) is 6.45. The van der Waals surface area contributed by atoms with Crippen LogP contribution in [0.3, 0.4) is 0 Å². The first-order valence-corrected chi connectivity index (χ1v) is 13.6. The lowest BCUT2D eigenvalue weighted by Crippen LogP contribution is -2.46. The third kappa shape index (κ3) is 7.42. The summed E-state index contributed by atoms with van der Waals surface area (Å²) in [6.07, 6.45) is 8.25. The molecule has 1 N–H and O–H groups in total. The van der Waals surface area contributed by atoms with E-state index in [4.69, 9.17) is 4.98 Å². The molecule has 0 aliphatic carbocycles. The van der Waals surface area contributed by atoms with Crippen LogP contribution >= 0.6 is 0 Å². The molecule has 1 aliphatic rings. The standard InChI is InChI=1S/C30H34N8O/c1-2-27-33-29(36-30(35-27)38-18-16-37(17-19-38)22-24-11-7-15-31-20-24)34-28-14-13-25(21-32-28)26(39)12-6-10-23-8-4-3-5-9-23/h3-5,7-9,11,13-15,20-21H,2,6,10,12,16-19,22H2,1H3,(H,32,33,34,35,36). The molecule has 4 aromatic rings. The van der Waals surface area contributed by atoms with Crippen LogP contribution < -0.4 is 10.2 Å². The van der Waals surface area contributed by atoms with Gasteiger partial charge in [-0.05, 0) is 42.2 Å². The number of anilines is 3. The van der Waals surface area contributed by atoms with Crippen molar-refractivity contribution in [2.24, 2.45) is 0 Å². The Bertz CT molecular complexity index is 1340. The van der Waals surface area contributed by atoms with Crippen LogP contribution in [0.15, 0.2) is 73.2 Å². The van der Waals surface area contributed by atoms with E-state index >= 15 is 0 Å². The molecule has 1 fully saturated rings. The van der Waals surface area contributed by atoms with Gasteiger partial charge in [0.15, 0.2) is 5.78 Å². The second-order valence-corrected chi connectivity index (χ2v) is 9.67. The molecule has 0 unspecified atom stereocenters. The Balaban J connectivity index is 1.16. The minimum Gasteiger partial charge on any atom is -0.338 e. The van der Waals surface area contributed by atoms with Crippen LogP contribution in [0.1, 0.15) is 47.1 Å². The van der Waals surface area contributed by atoms with Gasteiger partial charge in [0.25, 0.3) is 0 Å². The Morgan fingerprint density at radius 1 is 0.897 bits per heavy atom. The molecule has 5 rings (SSSR count). The predicted octanol–water partition coefficient (Wildman–Crippen LogP) is 4.50. The zero-order chi connectivity index (χ0) is 26.9. The molecule has 0 spiro atoms. The van der Waals surface area contributed by atoms with Crippen molar-refractivity contribution in [2.75, 3.05) is 36.4 Å². The van der Waals surface area contributed by atoms with E-state index in [0.29, 0.717) is 36.1 Å². The number of aromatic nitrogens is 5. The van der Waals surface area contributed by atoms with E-state index in [1.165, 1.54) is 11.1 Å². The maximum atomic E-state index is 12.6. The molecular formula is C30H34N8O. The number of nitrogens with zero attached hydrogens (tertiary/aromatic N) is 7. The van der Waals surface area contributed by atoms with Crippen LogP contribution in [-0.4, -0.2) is 61.8 Å². The Kier molecular flexibility index (Phi) is 8.80. The number of benzene rings is 1. The second kappa shape index (κ2) is 13.0. The lowest BCUT2D eigenvalue weighted by Gasteiger charge is -2.34. The highest BCUT2D eigenvalue weighted by atomic mass is 16.1. The first-order chi connectivity index (χ1) is 19.2. The highest BCUT2D eigenvalue weighted by Gasteiger charge is 2.21. The minimum atomic E-state index is 0.100. The van der Waals surface area contributed by atoms with Crippen LogP contribution in [0.2, 0.25) is 0 Å². The summed E-state index contributed by atoms with van der Waals surface area (Å²) in [5, 5.41) is 3.20. The van der Waals surface area contributed by atoms with E-state index in [9.17, 15) is 4.79 Å². The molecule has 0 radical (unpaired) electrons. The molecule has 4 heterocycles. The second-order valence-electron chi connectivity index (χ2n) is 9.67.